The van der Waals surface area contributed by atoms with Crippen LogP contribution in [0.15, 0.2) is 0 Å². The van der Waals surface area contributed by atoms with Gasteiger partial charge in [-0.2, -0.15) is 0 Å². The van der Waals surface area contributed by atoms with Crippen LogP contribution in [0, 0.1) is 5.92 Å². The summed E-state index contributed by atoms with van der Waals surface area (Å²) in [6.07, 6.45) is 0. The van der Waals surface area contributed by atoms with Crippen molar-refractivity contribution in [2.75, 3.05) is 11.5 Å². The second-order valence-electron chi connectivity index (χ2n) is 2.72. The number of rotatable bonds is 0. The van der Waals surface area contributed by atoms with Crippen LogP contribution in [0.5, 0.6) is 0 Å². The lowest BCUT2D eigenvalue weighted by Gasteiger charge is -2.02. The van der Waals surface area contributed by atoms with Crippen molar-refractivity contribution in [3.63, 3.8) is 0 Å². The van der Waals surface area contributed by atoms with E-state index in [4.69, 9.17) is 5.73 Å². The molecule has 0 radical (unpaired) electrons. The van der Waals surface area contributed by atoms with E-state index >= 15 is 0 Å². The summed E-state index contributed by atoms with van der Waals surface area (Å²) >= 11 is 0. The Morgan fingerprint density at radius 3 is 2.11 bits per heavy atom. The SMILES string of the molecule is C[C@@H]1CS(=O)(=O)C[C@H]1N. The molecule has 0 bridgehead atoms. The highest BCUT2D eigenvalue weighted by molar-refractivity contribution is 7.91. The summed E-state index contributed by atoms with van der Waals surface area (Å²) in [4.78, 5) is 0. The lowest BCUT2D eigenvalue weighted by molar-refractivity contribution is 0.566. The predicted octanol–water partition coefficient (Wildman–Crippen LogP) is -0.622. The Bertz CT molecular complexity index is 181. The van der Waals surface area contributed by atoms with Crippen LogP contribution in [0.4, 0.5) is 0 Å². The molecule has 0 aromatic rings. The van der Waals surface area contributed by atoms with Crippen molar-refractivity contribution in [1.82, 2.24) is 0 Å². The molecule has 3 nitrogen and oxygen atoms in total. The zero-order valence-corrected chi connectivity index (χ0v) is 6.19. The molecule has 1 aliphatic rings. The van der Waals surface area contributed by atoms with Crippen molar-refractivity contribution >= 4 is 9.84 Å². The molecule has 1 fully saturated rings. The molecule has 4 heteroatoms. The van der Waals surface area contributed by atoms with Crippen molar-refractivity contribution < 1.29 is 8.42 Å². The molecule has 0 aromatic carbocycles. The van der Waals surface area contributed by atoms with Crippen LogP contribution >= 0.6 is 0 Å². The standard InChI is InChI=1S/C5H11NO2S/c1-4-2-9(7,8)3-5(4)6/h4-5H,2-3,6H2,1H3/t4-,5-/m1/s1. The summed E-state index contributed by atoms with van der Waals surface area (Å²) in [5, 5.41) is 0. The first-order chi connectivity index (χ1) is 4.01. The van der Waals surface area contributed by atoms with Gasteiger partial charge in [-0.1, -0.05) is 6.92 Å². The highest BCUT2D eigenvalue weighted by Gasteiger charge is 2.31. The Kier molecular flexibility index (Phi) is 1.52. The fourth-order valence-corrected chi connectivity index (χ4v) is 3.15. The Balaban J connectivity index is 2.77. The average molecular weight is 149 g/mol. The van der Waals surface area contributed by atoms with Crippen molar-refractivity contribution in [2.45, 2.75) is 13.0 Å². The Morgan fingerprint density at radius 2 is 2.00 bits per heavy atom. The van der Waals surface area contributed by atoms with E-state index in [0.717, 1.165) is 0 Å². The first-order valence-corrected chi connectivity index (χ1v) is 4.79. The van der Waals surface area contributed by atoms with Gasteiger partial charge in [0.15, 0.2) is 9.84 Å². The van der Waals surface area contributed by atoms with Crippen LogP contribution in [0.2, 0.25) is 0 Å². The predicted molar refractivity (Wildman–Crippen MR) is 35.8 cm³/mol. The molecule has 1 saturated heterocycles. The molecule has 1 aliphatic heterocycles. The molecule has 0 aliphatic carbocycles. The van der Waals surface area contributed by atoms with Gasteiger partial charge in [0.25, 0.3) is 0 Å². The van der Waals surface area contributed by atoms with Crippen molar-refractivity contribution in [3.8, 4) is 0 Å². The summed E-state index contributed by atoms with van der Waals surface area (Å²) < 4.78 is 21.5. The van der Waals surface area contributed by atoms with E-state index < -0.39 is 9.84 Å². The third-order valence-electron chi connectivity index (χ3n) is 1.69. The molecule has 0 spiro atoms. The molecule has 54 valence electrons. The average Bonchev–Trinajstić information content (AvgIpc) is 1.79. The molecular formula is C5H11NO2S. The summed E-state index contributed by atoms with van der Waals surface area (Å²) in [6, 6.07) is -0.130. The maximum atomic E-state index is 10.8. The van der Waals surface area contributed by atoms with E-state index in [0.29, 0.717) is 0 Å². The molecule has 0 saturated carbocycles. The number of nitrogens with two attached hydrogens (primary N) is 1. The lowest BCUT2D eigenvalue weighted by atomic mass is 10.1. The van der Waals surface area contributed by atoms with E-state index in [9.17, 15) is 8.42 Å². The van der Waals surface area contributed by atoms with Gasteiger partial charge in [0.2, 0.25) is 0 Å². The Morgan fingerprint density at radius 1 is 1.44 bits per heavy atom. The number of hydrogen-bond acceptors (Lipinski definition) is 3. The summed E-state index contributed by atoms with van der Waals surface area (Å²) in [7, 11) is -2.77. The second-order valence-corrected chi connectivity index (χ2v) is 4.87. The van der Waals surface area contributed by atoms with Crippen LogP contribution in [0.3, 0.4) is 0 Å². The first-order valence-electron chi connectivity index (χ1n) is 2.97. The van der Waals surface area contributed by atoms with Gasteiger partial charge in [0.1, 0.15) is 0 Å². The molecular weight excluding hydrogens is 138 g/mol. The number of sulfone groups is 1. The van der Waals surface area contributed by atoms with Gasteiger partial charge in [-0.15, -0.1) is 0 Å². The first kappa shape index (κ1) is 7.02. The maximum absolute atomic E-state index is 10.8. The van der Waals surface area contributed by atoms with Crippen molar-refractivity contribution in [2.24, 2.45) is 11.7 Å². The normalized spacial score (nSPS) is 41.1. The third-order valence-corrected chi connectivity index (χ3v) is 3.62. The smallest absolute Gasteiger partial charge is 0.152 e. The van der Waals surface area contributed by atoms with E-state index in [-0.39, 0.29) is 23.5 Å². The van der Waals surface area contributed by atoms with Gasteiger partial charge in [0, 0.05) is 6.04 Å². The molecule has 2 N–H and O–H groups in total. The van der Waals surface area contributed by atoms with E-state index in [1.807, 2.05) is 6.92 Å². The fraction of sp³-hybridized carbons (Fsp3) is 1.00. The quantitative estimate of drug-likeness (QED) is 0.499. The zero-order chi connectivity index (χ0) is 7.07. The Hall–Kier alpha value is -0.0900. The van der Waals surface area contributed by atoms with Gasteiger partial charge in [-0.05, 0) is 5.92 Å². The van der Waals surface area contributed by atoms with Crippen LogP contribution in [0.1, 0.15) is 6.92 Å². The molecule has 9 heavy (non-hydrogen) atoms. The second kappa shape index (κ2) is 1.95. The minimum atomic E-state index is -2.77. The monoisotopic (exact) mass is 149 g/mol. The van der Waals surface area contributed by atoms with Gasteiger partial charge < -0.3 is 5.73 Å². The van der Waals surface area contributed by atoms with Crippen molar-refractivity contribution in [1.29, 1.82) is 0 Å². The molecule has 0 aromatic heterocycles. The fourth-order valence-electron chi connectivity index (χ4n) is 1.05. The van der Waals surface area contributed by atoms with Crippen LogP contribution in [-0.4, -0.2) is 26.0 Å². The largest absolute Gasteiger partial charge is 0.327 e. The zero-order valence-electron chi connectivity index (χ0n) is 5.37. The van der Waals surface area contributed by atoms with E-state index in [1.54, 1.807) is 0 Å². The van der Waals surface area contributed by atoms with Crippen molar-refractivity contribution in [3.05, 3.63) is 0 Å². The summed E-state index contributed by atoms with van der Waals surface area (Å²) in [6.45, 7) is 1.87. The summed E-state index contributed by atoms with van der Waals surface area (Å²) in [5.74, 6) is 0.595. The molecule has 0 unspecified atom stereocenters. The highest BCUT2D eigenvalue weighted by atomic mass is 32.2. The minimum absolute atomic E-state index is 0.130. The van der Waals surface area contributed by atoms with Gasteiger partial charge in [-0.25, -0.2) is 8.42 Å². The molecule has 1 rings (SSSR count). The van der Waals surface area contributed by atoms with Gasteiger partial charge >= 0.3 is 0 Å². The van der Waals surface area contributed by atoms with Crippen LogP contribution in [-0.2, 0) is 9.84 Å². The van der Waals surface area contributed by atoms with Gasteiger partial charge in [0.05, 0.1) is 11.5 Å². The maximum Gasteiger partial charge on any atom is 0.152 e. The molecule has 0 amide bonds. The van der Waals surface area contributed by atoms with Gasteiger partial charge in [-0.3, -0.25) is 0 Å². The van der Waals surface area contributed by atoms with E-state index in [2.05, 4.69) is 0 Å². The van der Waals surface area contributed by atoms with E-state index in [1.165, 1.54) is 0 Å². The minimum Gasteiger partial charge on any atom is -0.327 e. The van der Waals surface area contributed by atoms with Crippen LogP contribution in [0.25, 0.3) is 0 Å². The molecule has 1 heterocycles. The third kappa shape index (κ3) is 1.43. The summed E-state index contributed by atoms with van der Waals surface area (Å²) in [5.41, 5.74) is 5.47. The molecule has 2 atom stereocenters. The highest BCUT2D eigenvalue weighted by Crippen LogP contribution is 2.15. The van der Waals surface area contributed by atoms with Crippen LogP contribution < -0.4 is 5.73 Å². The number of hydrogen-bond donors (Lipinski definition) is 1. The lowest BCUT2D eigenvalue weighted by Crippen LogP contribution is -2.26. The Labute approximate surface area is 55.2 Å². The topological polar surface area (TPSA) is 60.2 Å².